The molecule has 2 N–H and O–H groups in total. The Morgan fingerprint density at radius 2 is 1.91 bits per heavy atom. The Hall–Kier alpha value is -4.23. The van der Waals surface area contributed by atoms with E-state index in [2.05, 4.69) is 31.7 Å². The van der Waals surface area contributed by atoms with Crippen LogP contribution >= 0.6 is 0 Å². The van der Waals surface area contributed by atoms with Gasteiger partial charge in [0.2, 0.25) is 11.8 Å². The average Bonchev–Trinajstić information content (AvgIpc) is 2.89. The van der Waals surface area contributed by atoms with Crippen LogP contribution in [0.25, 0.3) is 11.3 Å². The summed E-state index contributed by atoms with van der Waals surface area (Å²) in [5.74, 6) is 0.357. The minimum Gasteiger partial charge on any atom is -0.479 e. The van der Waals surface area contributed by atoms with E-state index >= 15 is 0 Å². The van der Waals surface area contributed by atoms with Gasteiger partial charge in [-0.05, 0) is 43.2 Å². The first-order valence-corrected chi connectivity index (χ1v) is 11.2. The molecule has 1 saturated heterocycles. The summed E-state index contributed by atoms with van der Waals surface area (Å²) in [5.41, 5.74) is 3.59. The molecule has 3 heterocycles. The highest BCUT2D eigenvalue weighted by Crippen LogP contribution is 2.28. The Labute approximate surface area is 203 Å². The lowest BCUT2D eigenvalue weighted by atomic mass is 10.0. The highest BCUT2D eigenvalue weighted by molar-refractivity contribution is 5.92. The average molecular weight is 474 g/mol. The number of nitrogens with one attached hydrogen (secondary N) is 2. The fourth-order valence-electron chi connectivity index (χ4n) is 3.72. The van der Waals surface area contributed by atoms with Gasteiger partial charge in [-0.15, -0.1) is 0 Å². The molecule has 35 heavy (non-hydrogen) atoms. The molecule has 1 aliphatic heterocycles. The summed E-state index contributed by atoms with van der Waals surface area (Å²) in [7, 11) is 4.80. The molecule has 180 valence electrons. The van der Waals surface area contributed by atoms with Crippen LogP contribution in [0.1, 0.15) is 28.9 Å². The molecule has 4 rings (SSSR count). The van der Waals surface area contributed by atoms with Gasteiger partial charge in [0.15, 0.2) is 0 Å². The first-order chi connectivity index (χ1) is 17.0. The van der Waals surface area contributed by atoms with E-state index in [0.717, 1.165) is 37.3 Å². The largest absolute Gasteiger partial charge is 0.479 e. The lowest BCUT2D eigenvalue weighted by Crippen LogP contribution is -2.28. The van der Waals surface area contributed by atoms with Gasteiger partial charge in [0.1, 0.15) is 17.5 Å². The molecule has 1 aliphatic rings. The number of carbonyl (C=O) groups excluding carboxylic acids is 1. The summed E-state index contributed by atoms with van der Waals surface area (Å²) < 4.78 is 10.8. The quantitative estimate of drug-likeness (QED) is 0.530. The van der Waals surface area contributed by atoms with Gasteiger partial charge >= 0.3 is 0 Å². The number of amides is 1. The smallest absolute Gasteiger partial charge is 0.272 e. The van der Waals surface area contributed by atoms with Gasteiger partial charge in [-0.1, -0.05) is 6.07 Å². The van der Waals surface area contributed by atoms with Gasteiger partial charge in [0.05, 0.1) is 24.1 Å². The number of hydrogen-bond donors (Lipinski definition) is 2. The van der Waals surface area contributed by atoms with Gasteiger partial charge in [-0.3, -0.25) is 4.79 Å². The molecule has 1 amide bonds. The van der Waals surface area contributed by atoms with E-state index < -0.39 is 0 Å². The van der Waals surface area contributed by atoms with Crippen LogP contribution in [0.5, 0.6) is 5.88 Å². The predicted octanol–water partition coefficient (Wildman–Crippen LogP) is 3.46. The van der Waals surface area contributed by atoms with E-state index in [1.165, 1.54) is 12.0 Å². The van der Waals surface area contributed by atoms with Crippen LogP contribution in [0.3, 0.4) is 0 Å². The molecular weight excluding hydrogens is 446 g/mol. The maximum atomic E-state index is 12.2. The number of rotatable bonds is 7. The number of methoxy groups -OCH3 is 1. The van der Waals surface area contributed by atoms with E-state index in [9.17, 15) is 10.1 Å². The SMILES string of the molecule is COc1nc(C(=O)N(C)C)ccc1Nc1nccc(-c2ccc(NC3CCOCC3)c(C#N)c2)n1. The molecule has 0 spiro atoms. The van der Waals surface area contributed by atoms with Crippen molar-refractivity contribution in [2.24, 2.45) is 0 Å². The minimum absolute atomic E-state index is 0.226. The van der Waals surface area contributed by atoms with Gasteiger partial charge < -0.3 is 25.0 Å². The van der Waals surface area contributed by atoms with Crippen molar-refractivity contribution in [1.82, 2.24) is 19.9 Å². The maximum Gasteiger partial charge on any atom is 0.272 e. The van der Waals surface area contributed by atoms with Crippen molar-refractivity contribution in [2.75, 3.05) is 45.1 Å². The van der Waals surface area contributed by atoms with Crippen molar-refractivity contribution >= 4 is 23.2 Å². The highest BCUT2D eigenvalue weighted by atomic mass is 16.5. The molecule has 0 radical (unpaired) electrons. The first kappa shape index (κ1) is 23.9. The molecule has 10 nitrogen and oxygen atoms in total. The second-order valence-electron chi connectivity index (χ2n) is 8.25. The summed E-state index contributed by atoms with van der Waals surface area (Å²) in [5, 5.41) is 16.3. The maximum absolute atomic E-state index is 12.2. The zero-order valence-corrected chi connectivity index (χ0v) is 19.9. The number of nitrogens with zero attached hydrogens (tertiary/aromatic N) is 5. The van der Waals surface area contributed by atoms with Crippen LogP contribution in [-0.2, 0) is 4.74 Å². The number of hydrogen-bond acceptors (Lipinski definition) is 9. The molecule has 0 aliphatic carbocycles. The van der Waals surface area contributed by atoms with Crippen molar-refractivity contribution in [1.29, 1.82) is 5.26 Å². The molecular formula is C25H27N7O3. The molecule has 0 atom stereocenters. The van der Waals surface area contributed by atoms with Crippen LogP contribution in [0.2, 0.25) is 0 Å². The number of aromatic nitrogens is 3. The predicted molar refractivity (Wildman–Crippen MR) is 132 cm³/mol. The highest BCUT2D eigenvalue weighted by Gasteiger charge is 2.17. The monoisotopic (exact) mass is 473 g/mol. The van der Waals surface area contributed by atoms with Crippen molar-refractivity contribution in [3.8, 4) is 23.2 Å². The van der Waals surface area contributed by atoms with Crippen LogP contribution < -0.4 is 15.4 Å². The number of pyridine rings is 1. The summed E-state index contributed by atoms with van der Waals surface area (Å²) in [6.07, 6.45) is 3.46. The number of ether oxygens (including phenoxy) is 2. The van der Waals surface area contributed by atoms with Crippen molar-refractivity contribution in [3.05, 3.63) is 53.9 Å². The summed E-state index contributed by atoms with van der Waals surface area (Å²) >= 11 is 0. The van der Waals surface area contributed by atoms with E-state index in [1.54, 1.807) is 38.5 Å². The van der Waals surface area contributed by atoms with Gasteiger partial charge in [-0.2, -0.15) is 5.26 Å². The second-order valence-corrected chi connectivity index (χ2v) is 8.25. The van der Waals surface area contributed by atoms with Crippen molar-refractivity contribution < 1.29 is 14.3 Å². The lowest BCUT2D eigenvalue weighted by molar-refractivity contribution is 0.0821. The van der Waals surface area contributed by atoms with E-state index in [1.807, 2.05) is 18.2 Å². The molecule has 0 bridgehead atoms. The van der Waals surface area contributed by atoms with Crippen LogP contribution in [0.15, 0.2) is 42.6 Å². The Morgan fingerprint density at radius 1 is 1.14 bits per heavy atom. The van der Waals surface area contributed by atoms with Crippen LogP contribution in [0.4, 0.5) is 17.3 Å². The Bertz CT molecular complexity index is 1250. The fourth-order valence-corrected chi connectivity index (χ4v) is 3.72. The van der Waals surface area contributed by atoms with Gasteiger partial charge in [-0.25, -0.2) is 15.0 Å². The van der Waals surface area contributed by atoms with Crippen LogP contribution in [0, 0.1) is 11.3 Å². The minimum atomic E-state index is -0.226. The number of benzene rings is 1. The topological polar surface area (TPSA) is 125 Å². The Balaban J connectivity index is 1.55. The number of anilines is 3. The Morgan fingerprint density at radius 3 is 2.63 bits per heavy atom. The zero-order chi connectivity index (χ0) is 24.8. The normalized spacial score (nSPS) is 13.5. The third-order valence-corrected chi connectivity index (χ3v) is 5.60. The molecule has 0 saturated carbocycles. The number of nitriles is 1. The van der Waals surface area contributed by atoms with E-state index in [4.69, 9.17) is 9.47 Å². The summed E-state index contributed by atoms with van der Waals surface area (Å²) in [6, 6.07) is 13.3. The molecule has 10 heteroatoms. The zero-order valence-electron chi connectivity index (χ0n) is 19.9. The van der Waals surface area contributed by atoms with E-state index in [-0.39, 0.29) is 17.5 Å². The fraction of sp³-hybridized carbons (Fsp3) is 0.320. The van der Waals surface area contributed by atoms with Crippen molar-refractivity contribution in [2.45, 2.75) is 18.9 Å². The Kier molecular flexibility index (Phi) is 7.38. The summed E-state index contributed by atoms with van der Waals surface area (Å²) in [6.45, 7) is 1.45. The third-order valence-electron chi connectivity index (χ3n) is 5.60. The number of carbonyl (C=O) groups is 1. The van der Waals surface area contributed by atoms with Gasteiger partial charge in [0, 0.05) is 45.1 Å². The van der Waals surface area contributed by atoms with Crippen molar-refractivity contribution in [3.63, 3.8) is 0 Å². The van der Waals surface area contributed by atoms with E-state index in [0.29, 0.717) is 28.9 Å². The molecule has 3 aromatic rings. The molecule has 0 unspecified atom stereocenters. The molecule has 1 aromatic carbocycles. The third kappa shape index (κ3) is 5.65. The summed E-state index contributed by atoms with van der Waals surface area (Å²) in [4.78, 5) is 26.8. The van der Waals surface area contributed by atoms with Crippen LogP contribution in [-0.4, -0.2) is 66.2 Å². The molecule has 1 fully saturated rings. The van der Waals surface area contributed by atoms with Gasteiger partial charge in [0.25, 0.3) is 5.91 Å². The standard InChI is InChI=1S/C25H27N7O3/c1-32(2)24(33)22-7-6-21(23(29-22)34-3)31-25-27-11-8-20(30-25)16-4-5-19(17(14-16)15-26)28-18-9-12-35-13-10-18/h4-8,11,14,18,28H,9-10,12-13H2,1-3H3,(H,27,30,31). The molecule has 2 aromatic heterocycles. The second kappa shape index (κ2) is 10.8. The lowest BCUT2D eigenvalue weighted by Gasteiger charge is -2.24. The first-order valence-electron chi connectivity index (χ1n) is 11.2.